The first-order chi connectivity index (χ1) is 8.22. The minimum absolute atomic E-state index is 0.225. The van der Waals surface area contributed by atoms with Crippen LogP contribution in [0.15, 0.2) is 30.3 Å². The third kappa shape index (κ3) is 2.53. The largest absolute Gasteiger partial charge is 0.507 e. The van der Waals surface area contributed by atoms with Crippen LogP contribution in [0.2, 0.25) is 0 Å². The fourth-order valence-corrected chi connectivity index (χ4v) is 1.95. The van der Waals surface area contributed by atoms with Gasteiger partial charge >= 0.3 is 0 Å². The van der Waals surface area contributed by atoms with E-state index in [1.54, 1.807) is 12.1 Å². The first-order valence-corrected chi connectivity index (χ1v) is 6.00. The molecule has 1 aromatic heterocycles. The zero-order chi connectivity index (χ0) is 12.3. The summed E-state index contributed by atoms with van der Waals surface area (Å²) in [5.41, 5.74) is 2.36. The van der Waals surface area contributed by atoms with E-state index in [2.05, 4.69) is 17.1 Å². The Bertz CT molecular complexity index is 578. The highest BCUT2D eigenvalue weighted by atomic mass is 32.1. The van der Waals surface area contributed by atoms with E-state index >= 15 is 0 Å². The average molecular weight is 246 g/mol. The summed E-state index contributed by atoms with van der Waals surface area (Å²) in [5.74, 6) is 0.225. The van der Waals surface area contributed by atoms with Crippen LogP contribution in [0.5, 0.6) is 5.75 Å². The summed E-state index contributed by atoms with van der Waals surface area (Å²) in [5, 5.41) is 16.9. The molecule has 0 saturated carbocycles. The van der Waals surface area contributed by atoms with Crippen LogP contribution in [0.1, 0.15) is 19.0 Å². The van der Waals surface area contributed by atoms with E-state index in [0.717, 1.165) is 28.7 Å². The van der Waals surface area contributed by atoms with Crippen molar-refractivity contribution in [2.45, 2.75) is 19.8 Å². The second kappa shape index (κ2) is 5.10. The molecule has 1 aromatic carbocycles. The van der Waals surface area contributed by atoms with Crippen molar-refractivity contribution in [2.75, 3.05) is 0 Å². The maximum Gasteiger partial charge on any atom is 0.124 e. The molecule has 0 aliphatic rings. The van der Waals surface area contributed by atoms with E-state index in [9.17, 15) is 5.11 Å². The second-order valence-electron chi connectivity index (χ2n) is 3.86. The predicted molar refractivity (Wildman–Crippen MR) is 70.5 cm³/mol. The van der Waals surface area contributed by atoms with Crippen molar-refractivity contribution < 1.29 is 5.11 Å². The fraction of sp³-hybridized carbons (Fsp3) is 0.231. The molecule has 3 nitrogen and oxygen atoms in total. The summed E-state index contributed by atoms with van der Waals surface area (Å²) in [6.45, 7) is 2.09. The second-order valence-corrected chi connectivity index (χ2v) is 4.30. The maximum absolute atomic E-state index is 9.75. The highest BCUT2D eigenvalue weighted by molar-refractivity contribution is 7.71. The molecular formula is C13H14N2OS. The first-order valence-electron chi connectivity index (χ1n) is 5.59. The van der Waals surface area contributed by atoms with Gasteiger partial charge in [-0.1, -0.05) is 37.7 Å². The topological polar surface area (TPSA) is 48.9 Å². The van der Waals surface area contributed by atoms with Crippen LogP contribution in [0, 0.1) is 4.51 Å². The summed E-state index contributed by atoms with van der Waals surface area (Å²) < 4.78 is 0.740. The molecule has 0 saturated heterocycles. The minimum Gasteiger partial charge on any atom is -0.507 e. The number of phenolic OH excluding ortho intramolecular Hbond substituents is 1. The zero-order valence-corrected chi connectivity index (χ0v) is 10.4. The highest BCUT2D eigenvalue weighted by Crippen LogP contribution is 2.26. The fourth-order valence-electron chi connectivity index (χ4n) is 1.68. The van der Waals surface area contributed by atoms with Gasteiger partial charge in [0, 0.05) is 5.56 Å². The third-order valence-corrected chi connectivity index (χ3v) is 2.91. The van der Waals surface area contributed by atoms with Gasteiger partial charge in [-0.2, -0.15) is 5.10 Å². The normalized spacial score (nSPS) is 10.4. The van der Waals surface area contributed by atoms with Gasteiger partial charge in [-0.15, -0.1) is 0 Å². The van der Waals surface area contributed by atoms with Crippen molar-refractivity contribution in [1.29, 1.82) is 0 Å². The Morgan fingerprint density at radius 2 is 2.12 bits per heavy atom. The van der Waals surface area contributed by atoms with Gasteiger partial charge in [-0.3, -0.25) is 5.10 Å². The molecule has 2 aromatic rings. The molecule has 0 bridgehead atoms. The number of nitrogens with one attached hydrogen (secondary N) is 1. The quantitative estimate of drug-likeness (QED) is 0.815. The smallest absolute Gasteiger partial charge is 0.124 e. The lowest BCUT2D eigenvalue weighted by molar-refractivity contribution is 0.477. The van der Waals surface area contributed by atoms with Crippen LogP contribution < -0.4 is 0 Å². The van der Waals surface area contributed by atoms with Gasteiger partial charge in [0.15, 0.2) is 0 Å². The lowest BCUT2D eigenvalue weighted by Crippen LogP contribution is -1.96. The van der Waals surface area contributed by atoms with Crippen molar-refractivity contribution in [3.05, 3.63) is 40.5 Å². The Kier molecular flexibility index (Phi) is 3.54. The number of aromatic nitrogens is 2. The van der Waals surface area contributed by atoms with Crippen molar-refractivity contribution in [3.8, 4) is 17.0 Å². The number of phenols is 1. The van der Waals surface area contributed by atoms with Crippen LogP contribution in [0.3, 0.4) is 0 Å². The van der Waals surface area contributed by atoms with Gasteiger partial charge in [0.05, 0.1) is 15.9 Å². The van der Waals surface area contributed by atoms with Crippen molar-refractivity contribution in [3.63, 3.8) is 0 Å². The number of aromatic hydroxyl groups is 1. The van der Waals surface area contributed by atoms with Crippen molar-refractivity contribution >= 4 is 12.2 Å². The van der Waals surface area contributed by atoms with E-state index in [0.29, 0.717) is 5.56 Å². The number of aryl methyl sites for hydroxylation is 1. The number of benzene rings is 1. The van der Waals surface area contributed by atoms with Gasteiger partial charge in [-0.05, 0) is 24.6 Å². The van der Waals surface area contributed by atoms with Gasteiger partial charge in [0.1, 0.15) is 5.75 Å². The van der Waals surface area contributed by atoms with Crippen LogP contribution in [0.4, 0.5) is 0 Å². The lowest BCUT2D eigenvalue weighted by atomic mass is 10.1. The Balaban J connectivity index is 2.45. The van der Waals surface area contributed by atoms with Gasteiger partial charge < -0.3 is 5.11 Å². The summed E-state index contributed by atoms with van der Waals surface area (Å²) in [4.78, 5) is 0. The summed E-state index contributed by atoms with van der Waals surface area (Å²) in [6.07, 6.45) is 1.89. The molecule has 0 aliphatic carbocycles. The molecule has 0 unspecified atom stereocenters. The molecule has 0 radical (unpaired) electrons. The molecule has 0 fully saturated rings. The number of aromatic amines is 1. The minimum atomic E-state index is 0.225. The molecule has 0 aliphatic heterocycles. The molecule has 88 valence electrons. The first kappa shape index (κ1) is 11.8. The number of nitrogens with zero attached hydrogens (tertiary/aromatic N) is 1. The Labute approximate surface area is 105 Å². The van der Waals surface area contributed by atoms with E-state index < -0.39 is 0 Å². The van der Waals surface area contributed by atoms with Gasteiger partial charge in [0.2, 0.25) is 0 Å². The third-order valence-electron chi connectivity index (χ3n) is 2.55. The molecule has 1 heterocycles. The van der Waals surface area contributed by atoms with E-state index in [1.807, 2.05) is 18.2 Å². The molecular weight excluding hydrogens is 232 g/mol. The predicted octanol–water partition coefficient (Wildman–Crippen LogP) is 3.46. The Morgan fingerprint density at radius 3 is 2.76 bits per heavy atom. The standard InChI is InChI=1S/C13H14N2OS/c1-2-5-10-13(17)8-11(15-14-10)9-6-3-4-7-12(9)16/h3-4,6-8,16H,2,5H2,1H3,(H,15,17). The molecule has 4 heteroatoms. The molecule has 2 N–H and O–H groups in total. The van der Waals surface area contributed by atoms with Crippen LogP contribution in [-0.2, 0) is 6.42 Å². The van der Waals surface area contributed by atoms with Gasteiger partial charge in [-0.25, -0.2) is 0 Å². The average Bonchev–Trinajstić information content (AvgIpc) is 2.33. The summed E-state index contributed by atoms with van der Waals surface area (Å²) in [7, 11) is 0. The highest BCUT2D eigenvalue weighted by Gasteiger charge is 2.05. The maximum atomic E-state index is 9.75. The van der Waals surface area contributed by atoms with Crippen LogP contribution in [0.25, 0.3) is 11.3 Å². The number of hydrogen-bond acceptors (Lipinski definition) is 3. The van der Waals surface area contributed by atoms with Crippen LogP contribution >= 0.6 is 12.2 Å². The zero-order valence-electron chi connectivity index (χ0n) is 9.60. The summed E-state index contributed by atoms with van der Waals surface area (Å²) in [6, 6.07) is 8.98. The number of para-hydroxylation sites is 1. The molecule has 0 spiro atoms. The monoisotopic (exact) mass is 246 g/mol. The molecule has 0 amide bonds. The molecule has 2 rings (SSSR count). The Morgan fingerprint density at radius 1 is 1.35 bits per heavy atom. The van der Waals surface area contributed by atoms with E-state index in [-0.39, 0.29) is 5.75 Å². The number of H-pyrrole nitrogens is 1. The number of hydrogen-bond donors (Lipinski definition) is 2. The lowest BCUT2D eigenvalue weighted by Gasteiger charge is -2.05. The molecule has 0 atom stereocenters. The van der Waals surface area contributed by atoms with E-state index in [4.69, 9.17) is 12.2 Å². The van der Waals surface area contributed by atoms with Gasteiger partial charge in [0.25, 0.3) is 0 Å². The molecule has 17 heavy (non-hydrogen) atoms. The van der Waals surface area contributed by atoms with Crippen LogP contribution in [-0.4, -0.2) is 15.3 Å². The summed E-state index contributed by atoms with van der Waals surface area (Å²) >= 11 is 5.28. The van der Waals surface area contributed by atoms with E-state index in [1.165, 1.54) is 0 Å². The SMILES string of the molecule is CCCc1n[nH]c(-c2ccccc2O)cc1=S. The van der Waals surface area contributed by atoms with Crippen molar-refractivity contribution in [1.82, 2.24) is 10.2 Å². The van der Waals surface area contributed by atoms with Crippen molar-refractivity contribution in [2.24, 2.45) is 0 Å². The Hall–Kier alpha value is -1.68. The number of rotatable bonds is 3.